The Bertz CT molecular complexity index is 716. The van der Waals surface area contributed by atoms with Gasteiger partial charge in [0.25, 0.3) is 0 Å². The first-order valence-electron chi connectivity index (χ1n) is 8.77. The van der Waals surface area contributed by atoms with Crippen LogP contribution in [0.15, 0.2) is 91.0 Å². The molecule has 25 heavy (non-hydrogen) atoms. The lowest BCUT2D eigenvalue weighted by Crippen LogP contribution is -2.41. The number of carbonyl (C=O) groups is 1. The SMILES string of the molecule is CCC(C(C)=O)[P+](c1ccccc1)(c1ccccc1)c1ccccc1. The summed E-state index contributed by atoms with van der Waals surface area (Å²) in [7, 11) is -2.07. The van der Waals surface area contributed by atoms with Gasteiger partial charge in [0.2, 0.25) is 0 Å². The van der Waals surface area contributed by atoms with Crippen LogP contribution in [0.1, 0.15) is 20.3 Å². The molecule has 3 rings (SSSR count). The average Bonchev–Trinajstić information content (AvgIpc) is 2.68. The van der Waals surface area contributed by atoms with Gasteiger partial charge in [0.15, 0.2) is 5.78 Å². The number of ketones is 1. The molecule has 0 fully saturated rings. The van der Waals surface area contributed by atoms with Crippen LogP contribution in [0, 0.1) is 0 Å². The summed E-state index contributed by atoms with van der Waals surface area (Å²) < 4.78 is 0. The van der Waals surface area contributed by atoms with Crippen molar-refractivity contribution in [3.8, 4) is 0 Å². The number of rotatable bonds is 6. The van der Waals surface area contributed by atoms with Crippen LogP contribution in [-0.4, -0.2) is 11.4 Å². The Morgan fingerprint density at radius 1 is 0.720 bits per heavy atom. The fourth-order valence-corrected chi connectivity index (χ4v) is 8.80. The normalized spacial score (nSPS) is 12.6. The lowest BCUT2D eigenvalue weighted by molar-refractivity contribution is -0.116. The summed E-state index contributed by atoms with van der Waals surface area (Å²) in [4.78, 5) is 12.8. The lowest BCUT2D eigenvalue weighted by atomic mass is 10.2. The smallest absolute Gasteiger partial charge is 0.171 e. The zero-order chi connectivity index (χ0) is 17.7. The van der Waals surface area contributed by atoms with Crippen molar-refractivity contribution < 1.29 is 4.79 Å². The molecule has 3 aromatic carbocycles. The number of hydrogen-bond donors (Lipinski definition) is 0. The highest BCUT2D eigenvalue weighted by Crippen LogP contribution is 2.60. The molecule has 0 saturated carbocycles. The summed E-state index contributed by atoms with van der Waals surface area (Å²) >= 11 is 0. The third-order valence-electron chi connectivity index (χ3n) is 4.81. The highest BCUT2D eigenvalue weighted by atomic mass is 31.2. The zero-order valence-corrected chi connectivity index (χ0v) is 15.7. The van der Waals surface area contributed by atoms with E-state index in [2.05, 4.69) is 79.7 Å². The van der Waals surface area contributed by atoms with Crippen LogP contribution in [-0.2, 0) is 4.79 Å². The molecule has 0 aliphatic carbocycles. The van der Waals surface area contributed by atoms with E-state index in [0.717, 1.165) is 6.42 Å². The molecule has 2 heteroatoms. The summed E-state index contributed by atoms with van der Waals surface area (Å²) in [5, 5.41) is 3.82. The first kappa shape index (κ1) is 17.6. The average molecular weight is 347 g/mol. The lowest BCUT2D eigenvalue weighted by Gasteiger charge is -2.33. The van der Waals surface area contributed by atoms with Crippen LogP contribution in [0.3, 0.4) is 0 Å². The fourth-order valence-electron chi connectivity index (χ4n) is 3.81. The minimum atomic E-state index is -2.07. The standard InChI is InChI=1S/C23H24OP/c1-3-23(19(2)24)25(20-13-7-4-8-14-20,21-15-9-5-10-16-21)22-17-11-6-12-18-22/h4-18,23H,3H2,1-2H3/q+1. The highest BCUT2D eigenvalue weighted by molar-refractivity contribution is 7.96. The third-order valence-corrected chi connectivity index (χ3v) is 9.82. The van der Waals surface area contributed by atoms with Gasteiger partial charge in [-0.2, -0.15) is 0 Å². The van der Waals surface area contributed by atoms with Gasteiger partial charge in [0.1, 0.15) is 28.8 Å². The molecule has 1 unspecified atom stereocenters. The van der Waals surface area contributed by atoms with Crippen LogP contribution in [0.4, 0.5) is 0 Å². The van der Waals surface area contributed by atoms with Crippen molar-refractivity contribution in [1.29, 1.82) is 0 Å². The van der Waals surface area contributed by atoms with Gasteiger partial charge in [-0.15, -0.1) is 0 Å². The molecule has 0 aliphatic heterocycles. The monoisotopic (exact) mass is 347 g/mol. The molecule has 0 heterocycles. The van der Waals surface area contributed by atoms with Gasteiger partial charge in [-0.3, -0.25) is 4.79 Å². The number of Topliss-reactive ketones (excluding diaryl/α,β-unsaturated/α-hetero) is 1. The van der Waals surface area contributed by atoms with E-state index in [1.807, 2.05) is 18.2 Å². The molecule has 0 spiro atoms. The van der Waals surface area contributed by atoms with Crippen LogP contribution in [0.2, 0.25) is 0 Å². The fraction of sp³-hybridized carbons (Fsp3) is 0.174. The van der Waals surface area contributed by atoms with Crippen molar-refractivity contribution >= 4 is 29.0 Å². The second kappa shape index (κ2) is 7.76. The highest BCUT2D eigenvalue weighted by Gasteiger charge is 2.53. The van der Waals surface area contributed by atoms with E-state index >= 15 is 0 Å². The van der Waals surface area contributed by atoms with E-state index in [0.29, 0.717) is 0 Å². The van der Waals surface area contributed by atoms with Crippen LogP contribution in [0.25, 0.3) is 0 Å². The second-order valence-corrected chi connectivity index (χ2v) is 9.88. The molecular formula is C23H24OP+. The molecule has 0 radical (unpaired) electrons. The van der Waals surface area contributed by atoms with Gasteiger partial charge in [0.05, 0.1) is 0 Å². The van der Waals surface area contributed by atoms with E-state index in [4.69, 9.17) is 0 Å². The molecule has 0 amide bonds. The van der Waals surface area contributed by atoms with Gasteiger partial charge in [-0.25, -0.2) is 0 Å². The predicted molar refractivity (Wildman–Crippen MR) is 110 cm³/mol. The summed E-state index contributed by atoms with van der Waals surface area (Å²) in [5.41, 5.74) is -0.0142. The van der Waals surface area contributed by atoms with E-state index in [1.54, 1.807) is 6.92 Å². The van der Waals surface area contributed by atoms with Crippen molar-refractivity contribution in [3.63, 3.8) is 0 Å². The van der Waals surface area contributed by atoms with Crippen LogP contribution in [0.5, 0.6) is 0 Å². The van der Waals surface area contributed by atoms with Crippen molar-refractivity contribution in [1.82, 2.24) is 0 Å². The Hall–Kier alpha value is -2.24. The third kappa shape index (κ3) is 3.17. The van der Waals surface area contributed by atoms with Gasteiger partial charge in [-0.05, 0) is 49.7 Å². The Kier molecular flexibility index (Phi) is 5.46. The minimum absolute atomic E-state index is 0.0142. The summed E-state index contributed by atoms with van der Waals surface area (Å²) in [6.45, 7) is 3.88. The summed E-state index contributed by atoms with van der Waals surface area (Å²) in [5.74, 6) is 0.271. The van der Waals surface area contributed by atoms with Crippen molar-refractivity contribution in [2.45, 2.75) is 25.9 Å². The summed E-state index contributed by atoms with van der Waals surface area (Å²) in [6, 6.07) is 31.8. The second-order valence-electron chi connectivity index (χ2n) is 6.26. The Morgan fingerprint density at radius 3 is 1.28 bits per heavy atom. The van der Waals surface area contributed by atoms with Crippen LogP contribution >= 0.6 is 7.26 Å². The van der Waals surface area contributed by atoms with E-state index in [1.165, 1.54) is 15.9 Å². The van der Waals surface area contributed by atoms with E-state index < -0.39 is 7.26 Å². The Labute approximate surface area is 151 Å². The molecule has 1 nitrogen and oxygen atoms in total. The predicted octanol–water partition coefficient (Wildman–Crippen LogP) is 4.35. The Balaban J connectivity index is 2.42. The van der Waals surface area contributed by atoms with Crippen LogP contribution < -0.4 is 15.9 Å². The summed E-state index contributed by atoms with van der Waals surface area (Å²) in [6.07, 6.45) is 0.835. The van der Waals surface area contributed by atoms with Crippen molar-refractivity contribution in [3.05, 3.63) is 91.0 Å². The van der Waals surface area contributed by atoms with Gasteiger partial charge in [-0.1, -0.05) is 61.5 Å². The first-order chi connectivity index (χ1) is 12.2. The molecule has 0 bridgehead atoms. The molecule has 0 N–H and O–H groups in total. The molecule has 126 valence electrons. The maximum absolute atomic E-state index is 12.8. The van der Waals surface area contributed by atoms with Crippen molar-refractivity contribution in [2.75, 3.05) is 0 Å². The molecule has 0 aliphatic rings. The molecule has 0 aromatic heterocycles. The van der Waals surface area contributed by atoms with Gasteiger partial charge in [0, 0.05) is 0 Å². The van der Waals surface area contributed by atoms with Gasteiger partial charge < -0.3 is 0 Å². The Morgan fingerprint density at radius 2 is 1.04 bits per heavy atom. The maximum atomic E-state index is 12.8. The maximum Gasteiger partial charge on any atom is 0.171 e. The molecule has 1 atom stereocenters. The largest absolute Gasteiger partial charge is 0.296 e. The minimum Gasteiger partial charge on any atom is -0.296 e. The first-order valence-corrected chi connectivity index (χ1v) is 10.6. The van der Waals surface area contributed by atoms with E-state index in [9.17, 15) is 4.79 Å². The number of benzene rings is 3. The zero-order valence-electron chi connectivity index (χ0n) is 14.8. The molecule has 3 aromatic rings. The topological polar surface area (TPSA) is 17.1 Å². The molecular weight excluding hydrogens is 323 g/mol. The van der Waals surface area contributed by atoms with Crippen molar-refractivity contribution in [2.24, 2.45) is 0 Å². The van der Waals surface area contributed by atoms with E-state index in [-0.39, 0.29) is 11.4 Å². The number of carbonyl (C=O) groups excluding carboxylic acids is 1. The quantitative estimate of drug-likeness (QED) is 0.606. The molecule has 0 saturated heterocycles. The number of hydrogen-bond acceptors (Lipinski definition) is 1. The van der Waals surface area contributed by atoms with Gasteiger partial charge >= 0.3 is 0 Å².